The zero-order valence-corrected chi connectivity index (χ0v) is 15.0. The Balaban J connectivity index is 1.66. The molecule has 0 aliphatic heterocycles. The molecule has 27 heavy (non-hydrogen) atoms. The van der Waals surface area contributed by atoms with Crippen LogP contribution < -0.4 is 10.1 Å². The predicted molar refractivity (Wildman–Crippen MR) is 103 cm³/mol. The second kappa shape index (κ2) is 7.25. The van der Waals surface area contributed by atoms with Gasteiger partial charge in [0, 0.05) is 30.2 Å². The maximum absolute atomic E-state index is 5.33. The van der Waals surface area contributed by atoms with E-state index in [0.717, 1.165) is 22.6 Å². The van der Waals surface area contributed by atoms with Crippen LogP contribution in [-0.2, 0) is 0 Å². The van der Waals surface area contributed by atoms with Gasteiger partial charge in [-0.2, -0.15) is 5.10 Å². The van der Waals surface area contributed by atoms with Crippen LogP contribution in [0.25, 0.3) is 16.9 Å². The first-order valence-electron chi connectivity index (χ1n) is 8.45. The quantitative estimate of drug-likeness (QED) is 0.585. The zero-order valence-electron chi connectivity index (χ0n) is 15.0. The van der Waals surface area contributed by atoms with Crippen LogP contribution in [0.1, 0.15) is 5.69 Å². The first-order chi connectivity index (χ1) is 13.2. The second-order valence-electron chi connectivity index (χ2n) is 5.87. The molecule has 0 aliphatic rings. The smallest absolute Gasteiger partial charge is 0.227 e. The number of para-hydroxylation sites is 1. The molecule has 134 valence electrons. The highest BCUT2D eigenvalue weighted by molar-refractivity contribution is 5.65. The van der Waals surface area contributed by atoms with Crippen LogP contribution >= 0.6 is 0 Å². The monoisotopic (exact) mass is 358 g/mol. The topological polar surface area (TPSA) is 77.8 Å². The van der Waals surface area contributed by atoms with Crippen LogP contribution in [0.5, 0.6) is 5.75 Å². The number of aromatic nitrogens is 5. The van der Waals surface area contributed by atoms with E-state index in [9.17, 15) is 0 Å². The lowest BCUT2D eigenvalue weighted by Crippen LogP contribution is -2.00. The fourth-order valence-corrected chi connectivity index (χ4v) is 2.77. The SMILES string of the molecule is COc1ccncc1Nc1nccc(-c2cn(-c3ccccc3)nc2C)n1. The van der Waals surface area contributed by atoms with Crippen molar-refractivity contribution in [3.63, 3.8) is 0 Å². The van der Waals surface area contributed by atoms with Crippen molar-refractivity contribution < 1.29 is 4.74 Å². The van der Waals surface area contributed by atoms with Gasteiger partial charge in [0.1, 0.15) is 11.4 Å². The lowest BCUT2D eigenvalue weighted by atomic mass is 10.2. The van der Waals surface area contributed by atoms with Gasteiger partial charge in [0.15, 0.2) is 0 Å². The molecule has 0 bridgehead atoms. The highest BCUT2D eigenvalue weighted by Gasteiger charge is 2.12. The number of aryl methyl sites for hydroxylation is 1. The molecule has 0 unspecified atom stereocenters. The molecule has 1 aromatic carbocycles. The molecular weight excluding hydrogens is 340 g/mol. The number of methoxy groups -OCH3 is 1. The van der Waals surface area contributed by atoms with Crippen LogP contribution in [-0.4, -0.2) is 31.8 Å². The summed E-state index contributed by atoms with van der Waals surface area (Å²) in [7, 11) is 1.61. The molecule has 7 heteroatoms. The van der Waals surface area contributed by atoms with Crippen molar-refractivity contribution in [2.45, 2.75) is 6.92 Å². The van der Waals surface area contributed by atoms with E-state index in [1.54, 1.807) is 31.8 Å². The first-order valence-corrected chi connectivity index (χ1v) is 8.45. The molecule has 7 nitrogen and oxygen atoms in total. The highest BCUT2D eigenvalue weighted by atomic mass is 16.5. The number of hydrogen-bond acceptors (Lipinski definition) is 6. The lowest BCUT2D eigenvalue weighted by molar-refractivity contribution is 0.416. The molecule has 4 aromatic rings. The average molecular weight is 358 g/mol. The van der Waals surface area contributed by atoms with Crippen LogP contribution in [0.4, 0.5) is 11.6 Å². The van der Waals surface area contributed by atoms with Gasteiger partial charge in [-0.15, -0.1) is 0 Å². The molecule has 0 amide bonds. The summed E-state index contributed by atoms with van der Waals surface area (Å²) in [5.41, 5.74) is 4.33. The molecule has 0 fully saturated rings. The molecule has 1 N–H and O–H groups in total. The normalized spacial score (nSPS) is 10.6. The lowest BCUT2D eigenvalue weighted by Gasteiger charge is -2.09. The van der Waals surface area contributed by atoms with Gasteiger partial charge < -0.3 is 10.1 Å². The molecule has 0 radical (unpaired) electrons. The van der Waals surface area contributed by atoms with Crippen molar-refractivity contribution in [1.29, 1.82) is 0 Å². The van der Waals surface area contributed by atoms with Gasteiger partial charge in [0.25, 0.3) is 0 Å². The summed E-state index contributed by atoms with van der Waals surface area (Å²) >= 11 is 0. The van der Waals surface area contributed by atoms with Gasteiger partial charge in [-0.05, 0) is 25.1 Å². The van der Waals surface area contributed by atoms with Gasteiger partial charge in [-0.1, -0.05) is 18.2 Å². The van der Waals surface area contributed by atoms with Crippen LogP contribution in [0.3, 0.4) is 0 Å². The molecular formula is C20H18N6O. The van der Waals surface area contributed by atoms with Crippen LogP contribution in [0.15, 0.2) is 67.3 Å². The van der Waals surface area contributed by atoms with E-state index in [0.29, 0.717) is 17.4 Å². The summed E-state index contributed by atoms with van der Waals surface area (Å²) in [5, 5.41) is 7.76. The van der Waals surface area contributed by atoms with E-state index >= 15 is 0 Å². The Bertz CT molecular complexity index is 1060. The van der Waals surface area contributed by atoms with Gasteiger partial charge in [0.05, 0.1) is 30.4 Å². The molecule has 0 saturated heterocycles. The molecule has 4 rings (SSSR count). The Morgan fingerprint density at radius 3 is 2.70 bits per heavy atom. The number of nitrogens with zero attached hydrogens (tertiary/aromatic N) is 5. The minimum absolute atomic E-state index is 0.464. The molecule has 0 atom stereocenters. The Hall–Kier alpha value is -3.74. The standard InChI is InChI=1S/C20H18N6O/c1-14-16(13-26(25-14)15-6-4-3-5-7-15)17-8-11-22-20(23-17)24-18-12-21-10-9-19(18)27-2/h3-13H,1-2H3,(H,22,23,24). The van der Waals surface area contributed by atoms with E-state index in [1.165, 1.54) is 0 Å². The fraction of sp³-hybridized carbons (Fsp3) is 0.100. The Morgan fingerprint density at radius 1 is 1.04 bits per heavy atom. The molecule has 0 spiro atoms. The third-order valence-electron chi connectivity index (χ3n) is 4.10. The van der Waals surface area contributed by atoms with Gasteiger partial charge >= 0.3 is 0 Å². The van der Waals surface area contributed by atoms with Crippen molar-refractivity contribution in [2.75, 3.05) is 12.4 Å². The van der Waals surface area contributed by atoms with Crippen LogP contribution in [0.2, 0.25) is 0 Å². The van der Waals surface area contributed by atoms with Crippen molar-refractivity contribution in [2.24, 2.45) is 0 Å². The molecule has 3 heterocycles. The summed E-state index contributed by atoms with van der Waals surface area (Å²) in [5.74, 6) is 1.14. The largest absolute Gasteiger partial charge is 0.494 e. The Kier molecular flexibility index (Phi) is 4.49. The van der Waals surface area contributed by atoms with E-state index in [-0.39, 0.29) is 0 Å². The van der Waals surface area contributed by atoms with Crippen LogP contribution in [0, 0.1) is 6.92 Å². The number of hydrogen-bond donors (Lipinski definition) is 1. The Labute approximate surface area is 156 Å². The van der Waals surface area contributed by atoms with E-state index in [4.69, 9.17) is 4.74 Å². The summed E-state index contributed by atoms with van der Waals surface area (Å²) in [6.45, 7) is 1.97. The number of ether oxygens (including phenoxy) is 1. The second-order valence-corrected chi connectivity index (χ2v) is 5.87. The molecule has 0 saturated carbocycles. The van der Waals surface area contributed by atoms with Crippen molar-refractivity contribution in [3.8, 4) is 22.7 Å². The third-order valence-corrected chi connectivity index (χ3v) is 4.10. The maximum Gasteiger partial charge on any atom is 0.227 e. The number of pyridine rings is 1. The summed E-state index contributed by atoms with van der Waals surface area (Å²) in [4.78, 5) is 13.0. The zero-order chi connectivity index (χ0) is 18.6. The number of anilines is 2. The third kappa shape index (κ3) is 3.48. The number of rotatable bonds is 5. The first kappa shape index (κ1) is 16.7. The minimum atomic E-state index is 0.464. The maximum atomic E-state index is 5.33. The van der Waals surface area contributed by atoms with Crippen molar-refractivity contribution in [3.05, 3.63) is 72.9 Å². The Morgan fingerprint density at radius 2 is 1.89 bits per heavy atom. The summed E-state index contributed by atoms with van der Waals surface area (Å²) in [6.07, 6.45) is 7.03. The number of benzene rings is 1. The number of nitrogens with one attached hydrogen (secondary N) is 1. The van der Waals surface area contributed by atoms with Crippen molar-refractivity contribution >= 4 is 11.6 Å². The predicted octanol–water partition coefficient (Wildman–Crippen LogP) is 3.78. The van der Waals surface area contributed by atoms with E-state index < -0.39 is 0 Å². The summed E-state index contributed by atoms with van der Waals surface area (Å²) < 4.78 is 7.18. The van der Waals surface area contributed by atoms with E-state index in [2.05, 4.69) is 25.4 Å². The summed E-state index contributed by atoms with van der Waals surface area (Å²) in [6, 6.07) is 13.6. The van der Waals surface area contributed by atoms with E-state index in [1.807, 2.05) is 54.2 Å². The minimum Gasteiger partial charge on any atom is -0.494 e. The van der Waals surface area contributed by atoms with Gasteiger partial charge in [-0.25, -0.2) is 14.6 Å². The molecule has 3 aromatic heterocycles. The highest BCUT2D eigenvalue weighted by Crippen LogP contribution is 2.26. The van der Waals surface area contributed by atoms with Gasteiger partial charge in [-0.3, -0.25) is 4.98 Å². The van der Waals surface area contributed by atoms with Gasteiger partial charge in [0.2, 0.25) is 5.95 Å². The van der Waals surface area contributed by atoms with Crippen molar-refractivity contribution in [1.82, 2.24) is 24.7 Å². The fourth-order valence-electron chi connectivity index (χ4n) is 2.77. The average Bonchev–Trinajstić information content (AvgIpc) is 3.11. The molecule has 0 aliphatic carbocycles.